The van der Waals surface area contributed by atoms with Gasteiger partial charge in [-0.05, 0) is 0 Å². The summed E-state index contributed by atoms with van der Waals surface area (Å²) >= 11 is 0. The Hall–Kier alpha value is -0.560. The van der Waals surface area contributed by atoms with Crippen LogP contribution in [-0.2, 0) is 28.4 Å². The van der Waals surface area contributed by atoms with E-state index in [1.807, 2.05) is 0 Å². The van der Waals surface area contributed by atoms with Gasteiger partial charge in [0.2, 0.25) is 12.1 Å². The molecule has 148 valence electrons. The average molecular weight is 384 g/mol. The van der Waals surface area contributed by atoms with E-state index in [-0.39, 0.29) is 0 Å². The van der Waals surface area contributed by atoms with Crippen molar-refractivity contribution >= 4 is 0 Å². The van der Waals surface area contributed by atoms with Gasteiger partial charge in [-0.1, -0.05) is 0 Å². The number of epoxide rings is 3. The summed E-state index contributed by atoms with van der Waals surface area (Å²) in [6.07, 6.45) is -6.77. The molecule has 2 unspecified atom stereocenters. The fraction of sp³-hybridized carbons (Fsp3) is 1.00. The first-order chi connectivity index (χ1) is 12.0. The molecule has 10 atom stereocenters. The van der Waals surface area contributed by atoms with Crippen LogP contribution in [0.3, 0.4) is 0 Å². The highest BCUT2D eigenvalue weighted by Gasteiger charge is 3.09. The van der Waals surface area contributed by atoms with Crippen molar-refractivity contribution in [1.82, 2.24) is 0 Å². The standard InChI is InChI=1S/C12H16O14/c13-1-3-4(15)5(16)7(2-14,21-3)23-12-11(20,26-12)10(19)9(18,25-10)8(24-12)6(17)22-8/h3-6,13-20H,1-2H2/t3-,4-,5+,6?,7?,8-,9+,10-,11+,12+/m1/s1. The molecule has 5 aliphatic heterocycles. The Morgan fingerprint density at radius 1 is 0.846 bits per heavy atom. The van der Waals surface area contributed by atoms with Crippen molar-refractivity contribution in [3.63, 3.8) is 0 Å². The monoisotopic (exact) mass is 384 g/mol. The fourth-order valence-electron chi connectivity index (χ4n) is 3.64. The number of aliphatic hydroxyl groups is 8. The van der Waals surface area contributed by atoms with Gasteiger partial charge in [0.25, 0.3) is 17.4 Å². The maximum atomic E-state index is 10.5. The highest BCUT2D eigenvalue weighted by molar-refractivity contribution is 5.31. The van der Waals surface area contributed by atoms with E-state index in [1.54, 1.807) is 0 Å². The van der Waals surface area contributed by atoms with Crippen LogP contribution in [-0.4, -0.2) is 114 Å². The molecular formula is C12H16O14. The summed E-state index contributed by atoms with van der Waals surface area (Å²) in [5.41, 5.74) is 0. The fourth-order valence-corrected chi connectivity index (χ4v) is 3.64. The molecule has 5 heterocycles. The van der Waals surface area contributed by atoms with Crippen molar-refractivity contribution in [3.05, 3.63) is 0 Å². The van der Waals surface area contributed by atoms with Gasteiger partial charge in [0.1, 0.15) is 24.9 Å². The number of hydrogen-bond acceptors (Lipinski definition) is 14. The summed E-state index contributed by atoms with van der Waals surface area (Å²) in [6.45, 7) is -1.85. The van der Waals surface area contributed by atoms with Gasteiger partial charge in [0.15, 0.2) is 0 Å². The van der Waals surface area contributed by atoms with Crippen LogP contribution in [0.2, 0.25) is 0 Å². The van der Waals surface area contributed by atoms with E-state index in [0.29, 0.717) is 0 Å². The molecule has 14 nitrogen and oxygen atoms in total. The molecule has 8 N–H and O–H groups in total. The van der Waals surface area contributed by atoms with Crippen molar-refractivity contribution in [2.45, 2.75) is 59.5 Å². The van der Waals surface area contributed by atoms with Gasteiger partial charge in [-0.15, -0.1) is 0 Å². The molecule has 0 aromatic carbocycles. The first-order valence-electron chi connectivity index (χ1n) is 7.60. The molecule has 5 fully saturated rings. The third-order valence-corrected chi connectivity index (χ3v) is 5.35. The SMILES string of the molecule is OC[C@H]1OC(CO)(O[C@]23O[C@@]4(OC4O)[C@]4(O)O[C@@]4(O)[C@]2(O)O3)[C@@H](O)[C@@H]1O. The maximum Gasteiger partial charge on any atom is 0.355 e. The van der Waals surface area contributed by atoms with Gasteiger partial charge < -0.3 is 50.3 Å². The van der Waals surface area contributed by atoms with E-state index in [2.05, 4.69) is 0 Å². The zero-order chi connectivity index (χ0) is 19.0. The average Bonchev–Trinajstić information content (AvgIpc) is 3.50. The lowest BCUT2D eigenvalue weighted by molar-refractivity contribution is -0.415. The molecular weight excluding hydrogens is 368 g/mol. The van der Waals surface area contributed by atoms with Gasteiger partial charge >= 0.3 is 11.8 Å². The quantitative estimate of drug-likeness (QED) is 0.211. The second-order valence-corrected chi connectivity index (χ2v) is 6.78. The summed E-state index contributed by atoms with van der Waals surface area (Å²) in [5.74, 6) is -15.9. The van der Waals surface area contributed by atoms with E-state index in [0.717, 1.165) is 0 Å². The van der Waals surface area contributed by atoms with Gasteiger partial charge in [-0.3, -0.25) is 18.9 Å². The van der Waals surface area contributed by atoms with E-state index >= 15 is 0 Å². The minimum absolute atomic E-state index is 0.749. The van der Waals surface area contributed by atoms with Crippen molar-refractivity contribution in [2.75, 3.05) is 13.2 Å². The predicted octanol–water partition coefficient (Wildman–Crippen LogP) is -6.34. The van der Waals surface area contributed by atoms with Crippen molar-refractivity contribution in [2.24, 2.45) is 0 Å². The highest BCUT2D eigenvalue weighted by atomic mass is 17.1. The lowest BCUT2D eigenvalue weighted by Gasteiger charge is -2.36. The first-order valence-corrected chi connectivity index (χ1v) is 7.60. The van der Waals surface area contributed by atoms with Crippen molar-refractivity contribution < 1.29 is 69.3 Å². The van der Waals surface area contributed by atoms with Gasteiger partial charge in [0.05, 0.1) is 6.61 Å². The molecule has 1 spiro atoms. The molecule has 0 saturated carbocycles. The molecule has 0 aromatic rings. The lowest BCUT2D eigenvalue weighted by Crippen LogP contribution is -2.64. The third kappa shape index (κ3) is 1.51. The van der Waals surface area contributed by atoms with Crippen LogP contribution in [0.5, 0.6) is 0 Å². The molecule has 5 aliphatic rings. The van der Waals surface area contributed by atoms with Crippen LogP contribution in [0, 0.1) is 0 Å². The van der Waals surface area contributed by atoms with Crippen molar-refractivity contribution in [1.29, 1.82) is 0 Å². The number of fused-ring (bicyclic) bond motifs is 4. The molecule has 0 aromatic heterocycles. The minimum atomic E-state index is -2.85. The molecule has 14 heteroatoms. The van der Waals surface area contributed by atoms with Crippen LogP contribution < -0.4 is 0 Å². The van der Waals surface area contributed by atoms with Gasteiger partial charge in [0, 0.05) is 0 Å². The predicted molar refractivity (Wildman–Crippen MR) is 65.5 cm³/mol. The molecule has 5 saturated heterocycles. The highest BCUT2D eigenvalue weighted by Crippen LogP contribution is 2.77. The Balaban J connectivity index is 1.50. The van der Waals surface area contributed by atoms with Crippen LogP contribution >= 0.6 is 0 Å². The maximum absolute atomic E-state index is 10.5. The van der Waals surface area contributed by atoms with Crippen molar-refractivity contribution in [3.8, 4) is 0 Å². The Morgan fingerprint density at radius 3 is 2.00 bits per heavy atom. The Labute approximate surface area is 143 Å². The summed E-state index contributed by atoms with van der Waals surface area (Å²) in [6, 6.07) is 0. The van der Waals surface area contributed by atoms with Crippen LogP contribution in [0.1, 0.15) is 0 Å². The minimum Gasteiger partial charge on any atom is -0.394 e. The third-order valence-electron chi connectivity index (χ3n) is 5.35. The van der Waals surface area contributed by atoms with E-state index < -0.39 is 72.7 Å². The summed E-state index contributed by atoms with van der Waals surface area (Å²) in [7, 11) is 0. The Bertz CT molecular complexity index is 672. The van der Waals surface area contributed by atoms with E-state index in [4.69, 9.17) is 28.4 Å². The summed E-state index contributed by atoms with van der Waals surface area (Å²) < 4.78 is 29.9. The van der Waals surface area contributed by atoms with E-state index in [9.17, 15) is 40.9 Å². The molecule has 0 radical (unpaired) electrons. The zero-order valence-electron chi connectivity index (χ0n) is 12.8. The smallest absolute Gasteiger partial charge is 0.355 e. The van der Waals surface area contributed by atoms with Crippen LogP contribution in [0.4, 0.5) is 0 Å². The number of ether oxygens (including phenoxy) is 6. The second kappa shape index (κ2) is 4.37. The largest absolute Gasteiger partial charge is 0.394 e. The molecule has 26 heavy (non-hydrogen) atoms. The Morgan fingerprint density at radius 2 is 1.50 bits per heavy atom. The Kier molecular flexibility index (Phi) is 2.95. The molecule has 5 rings (SSSR count). The number of aliphatic hydroxyl groups excluding tert-OH is 5. The lowest BCUT2D eigenvalue weighted by atomic mass is 9.98. The van der Waals surface area contributed by atoms with Gasteiger partial charge in [-0.2, -0.15) is 0 Å². The van der Waals surface area contributed by atoms with Crippen LogP contribution in [0.15, 0.2) is 0 Å². The van der Waals surface area contributed by atoms with Crippen LogP contribution in [0.25, 0.3) is 0 Å². The molecule has 0 amide bonds. The summed E-state index contributed by atoms with van der Waals surface area (Å²) in [4.78, 5) is 0. The molecule has 0 aliphatic carbocycles. The number of hydrogen-bond donors (Lipinski definition) is 8. The van der Waals surface area contributed by atoms with E-state index in [1.165, 1.54) is 0 Å². The second-order valence-electron chi connectivity index (χ2n) is 6.78. The first kappa shape index (κ1) is 17.5. The zero-order valence-corrected chi connectivity index (χ0v) is 12.8. The van der Waals surface area contributed by atoms with Gasteiger partial charge in [-0.25, -0.2) is 0 Å². The number of rotatable bonds is 4. The topological polar surface area (TPSA) is 227 Å². The normalized spacial score (nSPS) is 67.8. The summed E-state index contributed by atoms with van der Waals surface area (Å²) in [5, 5.41) is 79.5. The molecule has 0 bridgehead atoms.